The molecule has 0 radical (unpaired) electrons. The largest absolute Gasteiger partial charge is 0.370 e. The van der Waals surface area contributed by atoms with Crippen LogP contribution in [0.5, 0.6) is 0 Å². The summed E-state index contributed by atoms with van der Waals surface area (Å²) < 4.78 is 0. The summed E-state index contributed by atoms with van der Waals surface area (Å²) in [5.74, 6) is 0.751. The Balaban J connectivity index is 2.78. The second-order valence-electron chi connectivity index (χ2n) is 3.56. The number of nitrogens with one attached hydrogen (secondary N) is 1. The van der Waals surface area contributed by atoms with E-state index in [0.29, 0.717) is 5.56 Å². The number of nitrogens with zero attached hydrogens (tertiary/aromatic N) is 2. The molecule has 4 nitrogen and oxygen atoms in total. The summed E-state index contributed by atoms with van der Waals surface area (Å²) in [4.78, 5) is 17.3. The van der Waals surface area contributed by atoms with Gasteiger partial charge in [-0.15, -0.1) is 0 Å². The third-order valence-electron chi connectivity index (χ3n) is 1.97. The average molecular weight is 207 g/mol. The first-order valence-corrected chi connectivity index (χ1v) is 5.06. The molecule has 15 heavy (non-hydrogen) atoms. The van der Waals surface area contributed by atoms with Crippen LogP contribution in [0.15, 0.2) is 18.3 Å². The topological polar surface area (TPSA) is 45.2 Å². The van der Waals surface area contributed by atoms with Gasteiger partial charge in [-0.2, -0.15) is 0 Å². The molecule has 1 rings (SSSR count). The molecule has 0 aliphatic carbocycles. The molecule has 0 aromatic carbocycles. The number of aromatic nitrogens is 1. The van der Waals surface area contributed by atoms with Crippen LogP contribution < -0.4 is 5.32 Å². The molecule has 0 atom stereocenters. The van der Waals surface area contributed by atoms with Gasteiger partial charge in [0.1, 0.15) is 5.82 Å². The molecule has 0 unspecified atom stereocenters. The van der Waals surface area contributed by atoms with Crippen LogP contribution in [0.2, 0.25) is 0 Å². The summed E-state index contributed by atoms with van der Waals surface area (Å²) in [5, 5.41) is 3.15. The second-order valence-corrected chi connectivity index (χ2v) is 3.56. The van der Waals surface area contributed by atoms with E-state index in [1.807, 2.05) is 0 Å². The van der Waals surface area contributed by atoms with Crippen molar-refractivity contribution in [1.29, 1.82) is 0 Å². The fourth-order valence-corrected chi connectivity index (χ4v) is 1.17. The molecule has 4 heteroatoms. The van der Waals surface area contributed by atoms with E-state index in [4.69, 9.17) is 0 Å². The van der Waals surface area contributed by atoms with Gasteiger partial charge in [0.15, 0.2) is 0 Å². The Morgan fingerprint density at radius 2 is 2.27 bits per heavy atom. The fourth-order valence-electron chi connectivity index (χ4n) is 1.17. The van der Waals surface area contributed by atoms with Crippen LogP contribution in [-0.2, 0) is 0 Å². The first-order chi connectivity index (χ1) is 7.15. The normalized spacial score (nSPS) is 9.80. The molecule has 0 aliphatic heterocycles. The standard InChI is InChI=1S/C11H17N3O/c1-4-6-12-10-8-9(5-7-13-10)11(15)14(2)3/h5,7-8H,4,6H2,1-3H3,(H,12,13). The van der Waals surface area contributed by atoms with Crippen molar-refractivity contribution < 1.29 is 4.79 Å². The number of hydrogen-bond acceptors (Lipinski definition) is 3. The van der Waals surface area contributed by atoms with Crippen molar-refractivity contribution in [3.8, 4) is 0 Å². The number of carbonyl (C=O) groups is 1. The first kappa shape index (κ1) is 11.5. The van der Waals surface area contributed by atoms with Crippen molar-refractivity contribution in [2.24, 2.45) is 0 Å². The first-order valence-electron chi connectivity index (χ1n) is 5.06. The Morgan fingerprint density at radius 1 is 1.53 bits per heavy atom. The van der Waals surface area contributed by atoms with Crippen molar-refractivity contribution in [1.82, 2.24) is 9.88 Å². The summed E-state index contributed by atoms with van der Waals surface area (Å²) in [5.41, 5.74) is 0.661. The molecule has 0 aliphatic rings. The van der Waals surface area contributed by atoms with Crippen molar-refractivity contribution in [3.63, 3.8) is 0 Å². The zero-order chi connectivity index (χ0) is 11.3. The van der Waals surface area contributed by atoms with E-state index in [2.05, 4.69) is 17.2 Å². The maximum atomic E-state index is 11.6. The molecular formula is C11H17N3O. The van der Waals surface area contributed by atoms with Crippen LogP contribution >= 0.6 is 0 Å². The number of carbonyl (C=O) groups excluding carboxylic acids is 1. The quantitative estimate of drug-likeness (QED) is 0.815. The van der Waals surface area contributed by atoms with Gasteiger partial charge in [-0.1, -0.05) is 6.92 Å². The van der Waals surface area contributed by atoms with Gasteiger partial charge >= 0.3 is 0 Å². The minimum absolute atomic E-state index is 0.00283. The Labute approximate surface area is 90.3 Å². The third-order valence-corrected chi connectivity index (χ3v) is 1.97. The zero-order valence-electron chi connectivity index (χ0n) is 9.45. The van der Waals surface area contributed by atoms with Gasteiger partial charge in [0.2, 0.25) is 0 Å². The average Bonchev–Trinajstić information content (AvgIpc) is 2.25. The van der Waals surface area contributed by atoms with Crippen LogP contribution in [0.1, 0.15) is 23.7 Å². The Morgan fingerprint density at radius 3 is 2.87 bits per heavy atom. The highest BCUT2D eigenvalue weighted by Crippen LogP contribution is 2.08. The molecule has 0 fully saturated rings. The lowest BCUT2D eigenvalue weighted by atomic mass is 10.2. The number of rotatable bonds is 4. The summed E-state index contributed by atoms with van der Waals surface area (Å²) in [6.07, 6.45) is 2.68. The minimum atomic E-state index is -0.00283. The number of hydrogen-bond donors (Lipinski definition) is 1. The smallest absolute Gasteiger partial charge is 0.253 e. The van der Waals surface area contributed by atoms with E-state index in [1.54, 1.807) is 37.3 Å². The van der Waals surface area contributed by atoms with Gasteiger partial charge in [-0.25, -0.2) is 4.98 Å². The summed E-state index contributed by atoms with van der Waals surface area (Å²) in [6.45, 7) is 2.95. The van der Waals surface area contributed by atoms with E-state index in [-0.39, 0.29) is 5.91 Å². The zero-order valence-corrected chi connectivity index (χ0v) is 9.45. The van der Waals surface area contributed by atoms with E-state index >= 15 is 0 Å². The van der Waals surface area contributed by atoms with E-state index in [1.165, 1.54) is 0 Å². The predicted molar refractivity (Wildman–Crippen MR) is 61.0 cm³/mol. The van der Waals surface area contributed by atoms with Crippen molar-refractivity contribution in [3.05, 3.63) is 23.9 Å². The third kappa shape index (κ3) is 3.23. The highest BCUT2D eigenvalue weighted by atomic mass is 16.2. The predicted octanol–water partition coefficient (Wildman–Crippen LogP) is 1.61. The van der Waals surface area contributed by atoms with Crippen LogP contribution in [0.4, 0.5) is 5.82 Å². The lowest BCUT2D eigenvalue weighted by molar-refractivity contribution is 0.0827. The summed E-state index contributed by atoms with van der Waals surface area (Å²) in [7, 11) is 3.48. The number of amides is 1. The molecule has 1 aromatic heterocycles. The molecule has 0 spiro atoms. The van der Waals surface area contributed by atoms with E-state index < -0.39 is 0 Å². The molecule has 1 amide bonds. The van der Waals surface area contributed by atoms with E-state index in [9.17, 15) is 4.79 Å². The maximum Gasteiger partial charge on any atom is 0.253 e. The van der Waals surface area contributed by atoms with Crippen molar-refractivity contribution in [2.45, 2.75) is 13.3 Å². The van der Waals surface area contributed by atoms with Crippen LogP contribution in [-0.4, -0.2) is 36.4 Å². The van der Waals surface area contributed by atoms with Gasteiger partial charge in [-0.05, 0) is 18.6 Å². The SMILES string of the molecule is CCCNc1cc(C(=O)N(C)C)ccn1. The Kier molecular flexibility index (Phi) is 4.09. The summed E-state index contributed by atoms with van der Waals surface area (Å²) in [6, 6.07) is 3.50. The van der Waals surface area contributed by atoms with Crippen LogP contribution in [0, 0.1) is 0 Å². The second kappa shape index (κ2) is 5.34. The highest BCUT2D eigenvalue weighted by Gasteiger charge is 2.08. The fraction of sp³-hybridized carbons (Fsp3) is 0.455. The van der Waals surface area contributed by atoms with Gasteiger partial charge in [-0.3, -0.25) is 4.79 Å². The van der Waals surface area contributed by atoms with Crippen molar-refractivity contribution in [2.75, 3.05) is 26.0 Å². The van der Waals surface area contributed by atoms with Crippen LogP contribution in [0.25, 0.3) is 0 Å². The Bertz CT molecular complexity index is 336. The van der Waals surface area contributed by atoms with Gasteiger partial charge < -0.3 is 10.2 Å². The Hall–Kier alpha value is -1.58. The lowest BCUT2D eigenvalue weighted by Gasteiger charge is -2.11. The molecule has 1 N–H and O–H groups in total. The molecule has 82 valence electrons. The maximum absolute atomic E-state index is 11.6. The van der Waals surface area contributed by atoms with Gasteiger partial charge in [0, 0.05) is 32.4 Å². The molecule has 0 saturated heterocycles. The molecular weight excluding hydrogens is 190 g/mol. The van der Waals surface area contributed by atoms with Gasteiger partial charge in [0.05, 0.1) is 0 Å². The molecule has 1 heterocycles. The molecule has 0 bridgehead atoms. The van der Waals surface area contributed by atoms with Crippen molar-refractivity contribution >= 4 is 11.7 Å². The van der Waals surface area contributed by atoms with Gasteiger partial charge in [0.25, 0.3) is 5.91 Å². The minimum Gasteiger partial charge on any atom is -0.370 e. The van der Waals surface area contributed by atoms with E-state index in [0.717, 1.165) is 18.8 Å². The number of anilines is 1. The molecule has 1 aromatic rings. The highest BCUT2D eigenvalue weighted by molar-refractivity contribution is 5.94. The number of pyridine rings is 1. The monoisotopic (exact) mass is 207 g/mol. The molecule has 0 saturated carbocycles. The van der Waals surface area contributed by atoms with Crippen LogP contribution in [0.3, 0.4) is 0 Å². The summed E-state index contributed by atoms with van der Waals surface area (Å²) >= 11 is 0. The lowest BCUT2D eigenvalue weighted by Crippen LogP contribution is -2.21.